The van der Waals surface area contributed by atoms with Gasteiger partial charge in [0.05, 0.1) is 0 Å². The van der Waals surface area contributed by atoms with Gasteiger partial charge in [0.1, 0.15) is 0 Å². The molecule has 1 heteroatoms. The van der Waals surface area contributed by atoms with E-state index in [-0.39, 0.29) is 0 Å². The van der Waals surface area contributed by atoms with E-state index in [1.165, 1.54) is 23.3 Å². The monoisotopic (exact) mass is 383 g/mol. The first-order valence-electron chi connectivity index (χ1n) is 11.0. The Morgan fingerprint density at radius 3 is 2.14 bits per heavy atom. The molecular weight excluding hydrogens is 338 g/mol. The average Bonchev–Trinajstić information content (AvgIpc) is 2.71. The molecule has 0 saturated carbocycles. The summed E-state index contributed by atoms with van der Waals surface area (Å²) in [4.78, 5) is 0. The van der Waals surface area contributed by atoms with Crippen molar-refractivity contribution in [1.82, 2.24) is 5.32 Å². The standard InChI is InChI=1S/C23H35N.C2H6.C2H4/c1-7-19(18(3)23(4,5)6)16-24-22-14-17(2)13-21(15-22)20-11-9-8-10-12-20;2*1-2/h8-12,14,18-19,21,24H,2,7,13,15-16H2,1,3-6H3;1-2H3;1-2H2. The van der Waals surface area contributed by atoms with Crippen LogP contribution in [0.5, 0.6) is 0 Å². The zero-order valence-corrected chi connectivity index (χ0v) is 19.6. The fraction of sp³-hybridized carbons (Fsp3) is 0.556. The van der Waals surface area contributed by atoms with E-state index in [9.17, 15) is 0 Å². The molecule has 0 aromatic heterocycles. The Hall–Kier alpha value is -1.76. The Bertz CT molecular complexity index is 576. The molecule has 0 aliphatic heterocycles. The summed E-state index contributed by atoms with van der Waals surface area (Å²) >= 11 is 0. The highest BCUT2D eigenvalue weighted by Crippen LogP contribution is 2.35. The molecule has 1 N–H and O–H groups in total. The lowest BCUT2D eigenvalue weighted by molar-refractivity contribution is 0.171. The van der Waals surface area contributed by atoms with Crippen molar-refractivity contribution >= 4 is 0 Å². The molecule has 28 heavy (non-hydrogen) atoms. The summed E-state index contributed by atoms with van der Waals surface area (Å²) < 4.78 is 0. The van der Waals surface area contributed by atoms with Gasteiger partial charge in [-0.15, -0.1) is 13.2 Å². The van der Waals surface area contributed by atoms with E-state index in [0.717, 1.165) is 19.4 Å². The predicted octanol–water partition coefficient (Wildman–Crippen LogP) is 8.13. The van der Waals surface area contributed by atoms with E-state index in [1.54, 1.807) is 0 Å². The quantitative estimate of drug-likeness (QED) is 0.489. The summed E-state index contributed by atoms with van der Waals surface area (Å²) in [7, 11) is 0. The third kappa shape index (κ3) is 8.50. The van der Waals surface area contributed by atoms with Crippen LogP contribution in [0.3, 0.4) is 0 Å². The van der Waals surface area contributed by atoms with Crippen molar-refractivity contribution in [3.05, 3.63) is 73.0 Å². The number of allylic oxidation sites excluding steroid dienone is 3. The number of hydrogen-bond donors (Lipinski definition) is 1. The second-order valence-electron chi connectivity index (χ2n) is 8.55. The molecule has 3 atom stereocenters. The van der Waals surface area contributed by atoms with Crippen LogP contribution in [0.4, 0.5) is 0 Å². The fourth-order valence-electron chi connectivity index (χ4n) is 3.75. The first-order chi connectivity index (χ1) is 13.3. The lowest BCUT2D eigenvalue weighted by atomic mass is 9.73. The van der Waals surface area contributed by atoms with Crippen LogP contribution in [0.2, 0.25) is 0 Å². The van der Waals surface area contributed by atoms with Gasteiger partial charge in [0.25, 0.3) is 0 Å². The number of benzene rings is 1. The van der Waals surface area contributed by atoms with Crippen molar-refractivity contribution in [2.24, 2.45) is 17.3 Å². The molecule has 1 aliphatic carbocycles. The van der Waals surface area contributed by atoms with Gasteiger partial charge in [-0.3, -0.25) is 0 Å². The Morgan fingerprint density at radius 1 is 1.07 bits per heavy atom. The van der Waals surface area contributed by atoms with Crippen LogP contribution < -0.4 is 5.32 Å². The topological polar surface area (TPSA) is 12.0 Å². The molecule has 0 spiro atoms. The van der Waals surface area contributed by atoms with Gasteiger partial charge in [-0.1, -0.05) is 97.4 Å². The van der Waals surface area contributed by atoms with Gasteiger partial charge >= 0.3 is 0 Å². The predicted molar refractivity (Wildman–Crippen MR) is 129 cm³/mol. The molecule has 0 fully saturated rings. The van der Waals surface area contributed by atoms with E-state index in [4.69, 9.17) is 0 Å². The first-order valence-corrected chi connectivity index (χ1v) is 11.0. The first kappa shape index (κ1) is 26.2. The third-order valence-corrected chi connectivity index (χ3v) is 5.81. The van der Waals surface area contributed by atoms with Crippen LogP contribution in [0, 0.1) is 17.3 Å². The van der Waals surface area contributed by atoms with E-state index in [0.29, 0.717) is 23.2 Å². The van der Waals surface area contributed by atoms with Crippen LogP contribution in [-0.4, -0.2) is 6.54 Å². The summed E-state index contributed by atoms with van der Waals surface area (Å²) in [6.45, 7) is 27.1. The van der Waals surface area contributed by atoms with Gasteiger partial charge in [-0.25, -0.2) is 0 Å². The normalized spacial score (nSPS) is 18.5. The molecule has 1 nitrogen and oxygen atoms in total. The largest absolute Gasteiger partial charge is 0.388 e. The molecule has 0 amide bonds. The molecule has 2 rings (SSSR count). The summed E-state index contributed by atoms with van der Waals surface area (Å²) in [5, 5.41) is 3.76. The van der Waals surface area contributed by atoms with E-state index >= 15 is 0 Å². The van der Waals surface area contributed by atoms with E-state index in [2.05, 4.69) is 96.1 Å². The van der Waals surface area contributed by atoms with Gasteiger partial charge < -0.3 is 5.32 Å². The van der Waals surface area contributed by atoms with Crippen molar-refractivity contribution < 1.29 is 0 Å². The van der Waals surface area contributed by atoms with Crippen molar-refractivity contribution in [2.45, 2.75) is 73.6 Å². The zero-order chi connectivity index (χ0) is 21.7. The number of nitrogens with one attached hydrogen (secondary N) is 1. The van der Waals surface area contributed by atoms with Crippen LogP contribution in [0.25, 0.3) is 0 Å². The molecule has 0 bridgehead atoms. The van der Waals surface area contributed by atoms with Gasteiger partial charge in [0.15, 0.2) is 0 Å². The Balaban J connectivity index is 0.00000171. The molecule has 158 valence electrons. The maximum absolute atomic E-state index is 4.25. The zero-order valence-electron chi connectivity index (χ0n) is 19.6. The molecule has 1 aromatic rings. The molecular formula is C27H45N. The molecule has 1 aromatic carbocycles. The molecule has 1 aliphatic rings. The maximum Gasteiger partial charge on any atom is 0.0174 e. The maximum atomic E-state index is 4.25. The molecule has 3 unspecified atom stereocenters. The SMILES string of the molecule is C=C.C=C1C=C(NCC(CC)C(C)C(C)(C)C)CC(c2ccccc2)C1.CC. The number of hydrogen-bond acceptors (Lipinski definition) is 1. The van der Waals surface area contributed by atoms with Crippen LogP contribution in [0.1, 0.15) is 79.2 Å². The van der Waals surface area contributed by atoms with Crippen molar-refractivity contribution in [3.8, 4) is 0 Å². The van der Waals surface area contributed by atoms with Gasteiger partial charge in [-0.05, 0) is 47.6 Å². The molecule has 0 heterocycles. The average molecular weight is 384 g/mol. The minimum Gasteiger partial charge on any atom is -0.388 e. The van der Waals surface area contributed by atoms with Crippen LogP contribution in [-0.2, 0) is 0 Å². The molecule has 0 radical (unpaired) electrons. The summed E-state index contributed by atoms with van der Waals surface area (Å²) in [5.41, 5.74) is 4.40. The van der Waals surface area contributed by atoms with Gasteiger partial charge in [-0.2, -0.15) is 0 Å². The highest BCUT2D eigenvalue weighted by molar-refractivity contribution is 5.32. The van der Waals surface area contributed by atoms with Crippen molar-refractivity contribution in [1.29, 1.82) is 0 Å². The second-order valence-corrected chi connectivity index (χ2v) is 8.55. The smallest absolute Gasteiger partial charge is 0.0174 e. The summed E-state index contributed by atoms with van der Waals surface area (Å²) in [6, 6.07) is 10.9. The Morgan fingerprint density at radius 2 is 1.64 bits per heavy atom. The van der Waals surface area contributed by atoms with Crippen molar-refractivity contribution in [3.63, 3.8) is 0 Å². The van der Waals surface area contributed by atoms with Crippen molar-refractivity contribution in [2.75, 3.05) is 6.54 Å². The van der Waals surface area contributed by atoms with Crippen LogP contribution in [0.15, 0.2) is 67.4 Å². The minimum atomic E-state index is 0.361. The van der Waals surface area contributed by atoms with Crippen LogP contribution >= 0.6 is 0 Å². The third-order valence-electron chi connectivity index (χ3n) is 5.81. The lowest BCUT2D eigenvalue weighted by Gasteiger charge is -2.35. The van der Waals surface area contributed by atoms with Gasteiger partial charge in [0, 0.05) is 12.2 Å². The Kier molecular flexibility index (Phi) is 12.6. The van der Waals surface area contributed by atoms with E-state index in [1.807, 2.05) is 13.8 Å². The Labute approximate surface area is 176 Å². The minimum absolute atomic E-state index is 0.361. The lowest BCUT2D eigenvalue weighted by Crippen LogP contribution is -2.33. The van der Waals surface area contributed by atoms with Gasteiger partial charge in [0.2, 0.25) is 0 Å². The summed E-state index contributed by atoms with van der Waals surface area (Å²) in [5.74, 6) is 1.97. The van der Waals surface area contributed by atoms with E-state index < -0.39 is 0 Å². The summed E-state index contributed by atoms with van der Waals surface area (Å²) in [6.07, 6.45) is 5.67. The highest BCUT2D eigenvalue weighted by atomic mass is 14.9. The number of rotatable bonds is 6. The highest BCUT2D eigenvalue weighted by Gasteiger charge is 2.27. The molecule has 0 saturated heterocycles. The fourth-order valence-corrected chi connectivity index (χ4v) is 3.75. The second kappa shape index (κ2) is 13.4.